The Hall–Kier alpha value is -4.93. The van der Waals surface area contributed by atoms with Crippen LogP contribution in [0.1, 0.15) is 70.3 Å². The molecule has 0 radical (unpaired) electrons. The van der Waals surface area contributed by atoms with Gasteiger partial charge < -0.3 is 30.1 Å². The van der Waals surface area contributed by atoms with Gasteiger partial charge in [0.1, 0.15) is 29.5 Å². The van der Waals surface area contributed by atoms with E-state index in [9.17, 15) is 24.3 Å². The number of hydrogen-bond donors (Lipinski definition) is 3. The van der Waals surface area contributed by atoms with E-state index in [0.29, 0.717) is 25.0 Å². The van der Waals surface area contributed by atoms with Gasteiger partial charge in [-0.05, 0) is 49.8 Å². The van der Waals surface area contributed by atoms with Gasteiger partial charge in [0.25, 0.3) is 0 Å². The molecule has 11 heteroatoms. The van der Waals surface area contributed by atoms with Crippen molar-refractivity contribution < 1.29 is 33.8 Å². The van der Waals surface area contributed by atoms with Crippen LogP contribution in [0.15, 0.2) is 67.3 Å². The highest BCUT2D eigenvalue weighted by molar-refractivity contribution is 5.96. The first kappa shape index (κ1) is 34.9. The second-order valence-corrected chi connectivity index (χ2v) is 13.7. The normalized spacial score (nSPS) is 25.7. The molecule has 3 aliphatic rings. The van der Waals surface area contributed by atoms with Gasteiger partial charge in [-0.15, -0.1) is 6.58 Å². The largest absolute Gasteiger partial charge is 0.488 e. The lowest BCUT2D eigenvalue weighted by molar-refractivity contribution is -0.145. The van der Waals surface area contributed by atoms with Crippen LogP contribution in [-0.2, 0) is 25.5 Å². The Morgan fingerprint density at radius 2 is 1.92 bits per heavy atom. The van der Waals surface area contributed by atoms with Crippen LogP contribution in [0.25, 0.3) is 22.2 Å². The van der Waals surface area contributed by atoms with Crippen LogP contribution >= 0.6 is 0 Å². The maximum absolute atomic E-state index is 14.3. The van der Waals surface area contributed by atoms with Crippen LogP contribution < -0.4 is 15.4 Å². The minimum absolute atomic E-state index is 0.0609. The van der Waals surface area contributed by atoms with Crippen molar-refractivity contribution in [3.05, 3.63) is 72.8 Å². The third-order valence-corrected chi connectivity index (χ3v) is 10.1. The van der Waals surface area contributed by atoms with Gasteiger partial charge in [-0.25, -0.2) is 14.6 Å². The van der Waals surface area contributed by atoms with Gasteiger partial charge in [0.2, 0.25) is 11.8 Å². The van der Waals surface area contributed by atoms with Crippen LogP contribution in [0.3, 0.4) is 0 Å². The Labute approximate surface area is 292 Å². The molecule has 3 heterocycles. The standard InChI is InChI=1S/C39H46N4O7/c1-3-5-16-31-36(45)43-24-28(21-33(43)35(44)42-39(37(46)47)23-27(39)4-2)50-34-22-32(26-14-10-8-11-15-26)40-30-18-17-25(20-29(30)34)13-9-6-7-12-19-49-38(48)41-31/h4,8,10-11,14-15,17-18,20,22,27-28,31,33H,2-3,5-7,9,12-13,16,19,21,23-24H2,1H3,(H,41,48)(H,42,44)(H,46,47)/t27-,28+,31-,33-,39+/m0/s1. The number of carboxylic acids is 1. The molecule has 1 aromatic heterocycles. The number of carbonyl (C=O) groups is 4. The Kier molecular flexibility index (Phi) is 10.7. The van der Waals surface area contributed by atoms with E-state index in [1.807, 2.05) is 49.4 Å². The van der Waals surface area contributed by atoms with Gasteiger partial charge in [0, 0.05) is 29.4 Å². The number of ether oxygens (including phenoxy) is 2. The van der Waals surface area contributed by atoms with E-state index in [0.717, 1.165) is 59.8 Å². The molecule has 0 spiro atoms. The molecule has 2 fully saturated rings. The summed E-state index contributed by atoms with van der Waals surface area (Å²) in [6, 6.07) is 16.0. The van der Waals surface area contributed by atoms with E-state index in [-0.39, 0.29) is 26.0 Å². The average Bonchev–Trinajstić information content (AvgIpc) is 3.68. The quantitative estimate of drug-likeness (QED) is 0.253. The highest BCUT2D eigenvalue weighted by atomic mass is 16.5. The van der Waals surface area contributed by atoms with Gasteiger partial charge in [-0.1, -0.05) is 75.1 Å². The zero-order chi connectivity index (χ0) is 35.3. The summed E-state index contributed by atoms with van der Waals surface area (Å²) in [6.07, 6.45) is 6.82. The van der Waals surface area contributed by atoms with Gasteiger partial charge in [0.15, 0.2) is 0 Å². The van der Waals surface area contributed by atoms with Gasteiger partial charge in [-0.2, -0.15) is 0 Å². The lowest BCUT2D eigenvalue weighted by atomic mass is 10.0. The number of amides is 3. The summed E-state index contributed by atoms with van der Waals surface area (Å²) >= 11 is 0. The molecule has 2 aromatic carbocycles. The van der Waals surface area contributed by atoms with E-state index in [1.165, 1.54) is 11.0 Å². The van der Waals surface area contributed by atoms with Crippen molar-refractivity contribution in [1.29, 1.82) is 0 Å². The third-order valence-electron chi connectivity index (χ3n) is 10.1. The molecule has 2 aliphatic heterocycles. The molecular weight excluding hydrogens is 636 g/mol. The number of carboxylic acid groups (broad SMARTS) is 1. The van der Waals surface area contributed by atoms with Gasteiger partial charge in [0.05, 0.1) is 24.4 Å². The molecule has 264 valence electrons. The summed E-state index contributed by atoms with van der Waals surface area (Å²) in [5.41, 5.74) is 2.09. The van der Waals surface area contributed by atoms with Gasteiger partial charge in [-0.3, -0.25) is 9.59 Å². The van der Waals surface area contributed by atoms with Crippen molar-refractivity contribution in [2.45, 2.75) is 94.9 Å². The molecule has 3 aromatic rings. The number of aryl methyl sites for hydroxylation is 1. The van der Waals surface area contributed by atoms with E-state index < -0.39 is 53.5 Å². The highest BCUT2D eigenvalue weighted by Gasteiger charge is 2.61. The first-order chi connectivity index (χ1) is 24.2. The number of alkyl carbamates (subject to hydrolysis) is 1. The number of hydrogen-bond acceptors (Lipinski definition) is 7. The minimum Gasteiger partial charge on any atom is -0.488 e. The molecule has 6 rings (SSSR count). The van der Waals surface area contributed by atoms with Crippen molar-refractivity contribution in [2.24, 2.45) is 5.92 Å². The Morgan fingerprint density at radius 1 is 1.12 bits per heavy atom. The fraction of sp³-hybridized carbons (Fsp3) is 0.462. The number of fused-ring (bicyclic) bond motifs is 3. The van der Waals surface area contributed by atoms with Crippen LogP contribution in [0, 0.1) is 5.92 Å². The Bertz CT molecular complexity index is 1750. The van der Waals surface area contributed by atoms with Crippen molar-refractivity contribution in [1.82, 2.24) is 20.5 Å². The number of cyclic esters (lactones) is 1. The zero-order valence-electron chi connectivity index (χ0n) is 28.6. The number of aliphatic carboxylic acids is 1. The maximum Gasteiger partial charge on any atom is 0.407 e. The van der Waals surface area contributed by atoms with E-state index in [1.54, 1.807) is 0 Å². The van der Waals surface area contributed by atoms with E-state index >= 15 is 0 Å². The predicted molar refractivity (Wildman–Crippen MR) is 188 cm³/mol. The van der Waals surface area contributed by atoms with E-state index in [4.69, 9.17) is 14.5 Å². The van der Waals surface area contributed by atoms with Crippen LogP contribution in [0.4, 0.5) is 4.79 Å². The molecule has 4 bridgehead atoms. The number of carbonyl (C=O) groups excluding carboxylic acids is 3. The van der Waals surface area contributed by atoms with Crippen molar-refractivity contribution >= 4 is 34.8 Å². The molecule has 1 aliphatic carbocycles. The highest BCUT2D eigenvalue weighted by Crippen LogP contribution is 2.45. The lowest BCUT2D eigenvalue weighted by Crippen LogP contribution is -2.56. The number of nitrogens with one attached hydrogen (secondary N) is 2. The third kappa shape index (κ3) is 7.61. The van der Waals surface area contributed by atoms with Crippen LogP contribution in [-0.4, -0.2) is 75.7 Å². The van der Waals surface area contributed by atoms with Crippen molar-refractivity contribution in [3.8, 4) is 17.0 Å². The van der Waals surface area contributed by atoms with Gasteiger partial charge >= 0.3 is 12.1 Å². The Balaban J connectivity index is 1.38. The summed E-state index contributed by atoms with van der Waals surface area (Å²) in [5, 5.41) is 16.4. The fourth-order valence-electron chi connectivity index (χ4n) is 7.12. The molecule has 5 atom stereocenters. The monoisotopic (exact) mass is 682 g/mol. The number of pyridine rings is 1. The summed E-state index contributed by atoms with van der Waals surface area (Å²) < 4.78 is 12.2. The number of rotatable bonds is 8. The number of unbranched alkanes of at least 4 members (excludes halogenated alkanes) is 1. The molecular formula is C39H46N4O7. The molecule has 1 saturated carbocycles. The zero-order valence-corrected chi connectivity index (χ0v) is 28.6. The smallest absolute Gasteiger partial charge is 0.407 e. The summed E-state index contributed by atoms with van der Waals surface area (Å²) in [6.45, 7) is 6.02. The second-order valence-electron chi connectivity index (χ2n) is 13.7. The number of benzene rings is 2. The Morgan fingerprint density at radius 3 is 2.66 bits per heavy atom. The first-order valence-corrected chi connectivity index (χ1v) is 17.8. The topological polar surface area (TPSA) is 147 Å². The SMILES string of the molecule is C=C[C@H]1C[C@]1(NC(=O)[C@@H]1C[C@@H]2CN1C(=O)[C@H](CCCC)NC(=O)OCCCCCCc1ccc3nc(-c4ccccc4)cc(c3c1)O2)C(=O)O. The summed E-state index contributed by atoms with van der Waals surface area (Å²) in [5.74, 6) is -2.00. The van der Waals surface area contributed by atoms with Crippen molar-refractivity contribution in [3.63, 3.8) is 0 Å². The molecule has 11 nitrogen and oxygen atoms in total. The summed E-state index contributed by atoms with van der Waals surface area (Å²) in [4.78, 5) is 59.8. The lowest BCUT2D eigenvalue weighted by Gasteiger charge is -2.29. The fourth-order valence-corrected chi connectivity index (χ4v) is 7.12. The molecule has 3 amide bonds. The maximum atomic E-state index is 14.3. The van der Waals surface area contributed by atoms with Crippen LogP contribution in [0.2, 0.25) is 0 Å². The first-order valence-electron chi connectivity index (χ1n) is 17.8. The molecule has 3 N–H and O–H groups in total. The molecule has 50 heavy (non-hydrogen) atoms. The van der Waals surface area contributed by atoms with Crippen LogP contribution in [0.5, 0.6) is 5.75 Å². The molecule has 0 unspecified atom stereocenters. The van der Waals surface area contributed by atoms with E-state index in [2.05, 4.69) is 29.3 Å². The summed E-state index contributed by atoms with van der Waals surface area (Å²) in [7, 11) is 0. The second kappa shape index (κ2) is 15.3. The minimum atomic E-state index is -1.47. The molecule has 1 saturated heterocycles. The average molecular weight is 683 g/mol. The number of nitrogens with zero attached hydrogens (tertiary/aromatic N) is 2. The number of aromatic nitrogens is 1. The predicted octanol–water partition coefficient (Wildman–Crippen LogP) is 5.80. The van der Waals surface area contributed by atoms with Crippen molar-refractivity contribution in [2.75, 3.05) is 13.2 Å².